The topological polar surface area (TPSA) is 34.1 Å². The maximum atomic E-state index is 13.5. The fraction of sp³-hybridized carbons (Fsp3) is 0.290. The maximum absolute atomic E-state index is 13.5. The molecular weight excluding hydrogens is 404 g/mol. The molecule has 1 atom stereocenters. The van der Waals surface area contributed by atoms with E-state index in [4.69, 9.17) is 0 Å². The van der Waals surface area contributed by atoms with Gasteiger partial charge in [-0.1, -0.05) is 64.1 Å². The molecular formula is C31H30O2. The lowest BCUT2D eigenvalue weighted by Crippen LogP contribution is -2.31. The number of carbonyl (C=O) groups excluding carboxylic acids is 2. The zero-order chi connectivity index (χ0) is 23.3. The Kier molecular flexibility index (Phi) is 5.20. The molecule has 166 valence electrons. The molecule has 0 aromatic heterocycles. The van der Waals surface area contributed by atoms with Crippen LogP contribution in [0.5, 0.6) is 0 Å². The number of aryl methyl sites for hydroxylation is 1. The molecule has 1 unspecified atom stereocenters. The predicted octanol–water partition coefficient (Wildman–Crippen LogP) is 5.44. The van der Waals surface area contributed by atoms with Crippen molar-refractivity contribution in [2.45, 2.75) is 47.0 Å². The van der Waals surface area contributed by atoms with Crippen molar-refractivity contribution in [3.63, 3.8) is 0 Å². The van der Waals surface area contributed by atoms with Crippen LogP contribution >= 0.6 is 0 Å². The van der Waals surface area contributed by atoms with Crippen molar-refractivity contribution in [1.82, 2.24) is 0 Å². The van der Waals surface area contributed by atoms with Gasteiger partial charge in [-0.3, -0.25) is 9.59 Å². The first-order valence-corrected chi connectivity index (χ1v) is 11.9. The number of fused-ring (bicyclic) bond motifs is 4. The molecule has 5 rings (SSSR count). The molecule has 0 N–H and O–H groups in total. The number of ketones is 2. The summed E-state index contributed by atoms with van der Waals surface area (Å²) in [4.78, 5) is 26.5. The van der Waals surface area contributed by atoms with E-state index in [2.05, 4.69) is 45.9 Å². The molecule has 2 aliphatic rings. The smallest absolute Gasteiger partial charge is 0.194 e. The van der Waals surface area contributed by atoms with E-state index in [-0.39, 0.29) is 11.6 Å². The molecule has 0 heterocycles. The summed E-state index contributed by atoms with van der Waals surface area (Å²) in [6.45, 7) is 9.18. The Labute approximate surface area is 195 Å². The second kappa shape index (κ2) is 7.95. The predicted molar refractivity (Wildman–Crippen MR) is 134 cm³/mol. The van der Waals surface area contributed by atoms with Crippen LogP contribution in [0.25, 0.3) is 12.2 Å². The van der Waals surface area contributed by atoms with Crippen molar-refractivity contribution in [1.29, 1.82) is 0 Å². The fourth-order valence-corrected chi connectivity index (χ4v) is 5.36. The molecule has 3 aromatic carbocycles. The molecule has 2 aliphatic carbocycles. The number of rotatable bonds is 4. The number of carbonyl (C=O) groups is 2. The summed E-state index contributed by atoms with van der Waals surface area (Å²) >= 11 is 0. The van der Waals surface area contributed by atoms with Gasteiger partial charge in [-0.15, -0.1) is 0 Å². The summed E-state index contributed by atoms with van der Waals surface area (Å²) in [6, 6.07) is 17.7. The first-order chi connectivity index (χ1) is 15.7. The van der Waals surface area contributed by atoms with E-state index in [9.17, 15) is 9.59 Å². The van der Waals surface area contributed by atoms with Crippen LogP contribution in [0.15, 0.2) is 54.6 Å². The van der Waals surface area contributed by atoms with Gasteiger partial charge in [-0.05, 0) is 88.1 Å². The molecule has 2 nitrogen and oxygen atoms in total. The molecule has 0 radical (unpaired) electrons. The van der Waals surface area contributed by atoms with Crippen molar-refractivity contribution < 1.29 is 9.59 Å². The van der Waals surface area contributed by atoms with Gasteiger partial charge in [0.05, 0.1) is 0 Å². The van der Waals surface area contributed by atoms with Crippen LogP contribution in [0, 0.1) is 11.3 Å². The Morgan fingerprint density at radius 1 is 0.727 bits per heavy atom. The van der Waals surface area contributed by atoms with Crippen LogP contribution in [0.4, 0.5) is 0 Å². The summed E-state index contributed by atoms with van der Waals surface area (Å²) in [6.07, 6.45) is 7.36. The van der Waals surface area contributed by atoms with Crippen LogP contribution < -0.4 is 10.4 Å². The third-order valence-corrected chi connectivity index (χ3v) is 6.79. The Bertz CT molecular complexity index is 1420. The Morgan fingerprint density at radius 2 is 1.33 bits per heavy atom. The quantitative estimate of drug-likeness (QED) is 0.378. The standard InChI is InChI=1S/C31H30O2/c1-19(18-31(2,3)4)9-10-20-11-12-22-15-24-16-27-23(17-28(24)30(33)26(22)13-20)14-21-7-5-6-8-25(21)29(27)32/h5-8,11-17,19H,9-10,18H2,1-4H3. The summed E-state index contributed by atoms with van der Waals surface area (Å²) in [5.41, 5.74) is 6.24. The van der Waals surface area contributed by atoms with Gasteiger partial charge in [0.2, 0.25) is 0 Å². The SMILES string of the molecule is CC(CCc1ccc2c(c1)C(=O)c1cc3c(cc1=C2)C(=O)c1ccccc1C=3)CC(C)(C)C. The molecule has 2 heteroatoms. The lowest BCUT2D eigenvalue weighted by Gasteiger charge is -2.23. The van der Waals surface area contributed by atoms with E-state index in [1.165, 1.54) is 12.0 Å². The molecule has 33 heavy (non-hydrogen) atoms. The zero-order valence-corrected chi connectivity index (χ0v) is 19.9. The van der Waals surface area contributed by atoms with Gasteiger partial charge < -0.3 is 0 Å². The van der Waals surface area contributed by atoms with Gasteiger partial charge in [0, 0.05) is 22.3 Å². The Morgan fingerprint density at radius 3 is 2.00 bits per heavy atom. The molecule has 0 bridgehead atoms. The average molecular weight is 435 g/mol. The van der Waals surface area contributed by atoms with Gasteiger partial charge >= 0.3 is 0 Å². The van der Waals surface area contributed by atoms with E-state index in [1.807, 2.05) is 48.6 Å². The average Bonchev–Trinajstić information content (AvgIpc) is 2.76. The summed E-state index contributed by atoms with van der Waals surface area (Å²) in [5.74, 6) is 0.721. The van der Waals surface area contributed by atoms with Crippen molar-refractivity contribution in [3.8, 4) is 0 Å². The molecule has 0 amide bonds. The van der Waals surface area contributed by atoms with Crippen LogP contribution in [0.3, 0.4) is 0 Å². The maximum Gasteiger partial charge on any atom is 0.194 e. The number of hydrogen-bond acceptors (Lipinski definition) is 2. The van der Waals surface area contributed by atoms with E-state index in [1.54, 1.807) is 0 Å². The van der Waals surface area contributed by atoms with Gasteiger partial charge in [-0.2, -0.15) is 0 Å². The molecule has 0 saturated heterocycles. The summed E-state index contributed by atoms with van der Waals surface area (Å²) < 4.78 is 0. The van der Waals surface area contributed by atoms with Crippen molar-refractivity contribution in [3.05, 3.63) is 104 Å². The first-order valence-electron chi connectivity index (χ1n) is 11.9. The van der Waals surface area contributed by atoms with Crippen LogP contribution in [0.1, 0.15) is 89.1 Å². The van der Waals surface area contributed by atoms with Crippen LogP contribution in [0.2, 0.25) is 0 Å². The summed E-state index contributed by atoms with van der Waals surface area (Å²) in [7, 11) is 0. The monoisotopic (exact) mass is 434 g/mol. The second-order valence-corrected chi connectivity index (χ2v) is 10.9. The van der Waals surface area contributed by atoms with Gasteiger partial charge in [0.15, 0.2) is 11.6 Å². The number of benzene rings is 3. The minimum Gasteiger partial charge on any atom is -0.289 e. The van der Waals surface area contributed by atoms with Gasteiger partial charge in [0.1, 0.15) is 0 Å². The highest BCUT2D eigenvalue weighted by Crippen LogP contribution is 2.28. The largest absolute Gasteiger partial charge is 0.289 e. The summed E-state index contributed by atoms with van der Waals surface area (Å²) in [5, 5.41) is 1.66. The zero-order valence-electron chi connectivity index (χ0n) is 19.9. The first kappa shape index (κ1) is 21.6. The van der Waals surface area contributed by atoms with Crippen LogP contribution in [-0.2, 0) is 6.42 Å². The molecule has 3 aromatic rings. The normalized spacial score (nSPS) is 14.9. The molecule has 0 spiro atoms. The highest BCUT2D eigenvalue weighted by atomic mass is 16.1. The molecule has 0 saturated carbocycles. The van der Waals surface area contributed by atoms with Crippen molar-refractivity contribution in [2.24, 2.45) is 11.3 Å². The van der Waals surface area contributed by atoms with E-state index < -0.39 is 0 Å². The lowest BCUT2D eigenvalue weighted by atomic mass is 9.82. The molecule has 0 aliphatic heterocycles. The highest BCUT2D eigenvalue weighted by Gasteiger charge is 2.24. The minimum atomic E-state index is 0.0253. The van der Waals surface area contributed by atoms with Crippen LogP contribution in [-0.4, -0.2) is 11.6 Å². The van der Waals surface area contributed by atoms with Crippen molar-refractivity contribution in [2.75, 3.05) is 0 Å². The minimum absolute atomic E-state index is 0.0253. The van der Waals surface area contributed by atoms with Gasteiger partial charge in [0.25, 0.3) is 0 Å². The Balaban J connectivity index is 1.49. The lowest BCUT2D eigenvalue weighted by molar-refractivity contribution is 0.102. The van der Waals surface area contributed by atoms with Gasteiger partial charge in [-0.25, -0.2) is 0 Å². The van der Waals surface area contributed by atoms with E-state index in [0.717, 1.165) is 45.5 Å². The van der Waals surface area contributed by atoms with E-state index in [0.29, 0.717) is 22.5 Å². The third kappa shape index (κ3) is 4.11. The highest BCUT2D eigenvalue weighted by molar-refractivity contribution is 6.16. The molecule has 0 fully saturated rings. The van der Waals surface area contributed by atoms with Crippen molar-refractivity contribution >= 4 is 23.7 Å². The fourth-order valence-electron chi connectivity index (χ4n) is 5.36. The second-order valence-electron chi connectivity index (χ2n) is 10.9. The number of hydrogen-bond donors (Lipinski definition) is 0. The van der Waals surface area contributed by atoms with E-state index >= 15 is 0 Å². The Hall–Kier alpha value is -3.26. The third-order valence-electron chi connectivity index (χ3n) is 6.79.